The Kier molecular flexibility index (Phi) is 4.54. The number of nitriles is 1. The predicted octanol–water partition coefficient (Wildman–Crippen LogP) is 2.79. The third-order valence-corrected chi connectivity index (χ3v) is 2.96. The molecule has 3 nitrogen and oxygen atoms in total. The van der Waals surface area contributed by atoms with Gasteiger partial charge in [0, 0.05) is 6.54 Å². The molecule has 3 heteroatoms. The summed E-state index contributed by atoms with van der Waals surface area (Å²) in [6.07, 6.45) is 0.886. The van der Waals surface area contributed by atoms with Crippen LogP contribution in [0.3, 0.4) is 0 Å². The van der Waals surface area contributed by atoms with Gasteiger partial charge < -0.3 is 5.11 Å². The topological polar surface area (TPSA) is 56.0 Å². The highest BCUT2D eigenvalue weighted by Gasteiger charge is 2.08. The highest BCUT2D eigenvalue weighted by molar-refractivity contribution is 5.30. The summed E-state index contributed by atoms with van der Waals surface area (Å²) in [6, 6.07) is 18.8. The van der Waals surface area contributed by atoms with Crippen molar-refractivity contribution in [2.75, 3.05) is 6.54 Å². The second-order valence-electron chi connectivity index (χ2n) is 4.34. The fraction of sp³-hybridized carbons (Fsp3) is 0.188. The number of hydrogen-bond acceptors (Lipinski definition) is 3. The van der Waals surface area contributed by atoms with Crippen LogP contribution in [0.2, 0.25) is 0 Å². The first-order valence-corrected chi connectivity index (χ1v) is 6.25. The van der Waals surface area contributed by atoms with Crippen molar-refractivity contribution in [3.05, 3.63) is 65.7 Å². The Morgan fingerprint density at radius 2 is 1.74 bits per heavy atom. The molecule has 2 aromatic rings. The molecule has 0 amide bonds. The number of benzene rings is 2. The van der Waals surface area contributed by atoms with Gasteiger partial charge in [0.1, 0.15) is 11.8 Å². The minimum Gasteiger partial charge on any atom is -0.508 e. The van der Waals surface area contributed by atoms with Crippen LogP contribution in [0.25, 0.3) is 0 Å². The second-order valence-corrected chi connectivity index (χ2v) is 4.34. The van der Waals surface area contributed by atoms with Gasteiger partial charge in [0.25, 0.3) is 0 Å². The maximum absolute atomic E-state index is 9.23. The van der Waals surface area contributed by atoms with Gasteiger partial charge in [-0.05, 0) is 29.7 Å². The predicted molar refractivity (Wildman–Crippen MR) is 74.6 cm³/mol. The molecule has 0 aliphatic carbocycles. The third-order valence-electron chi connectivity index (χ3n) is 2.96. The molecule has 2 aromatic carbocycles. The summed E-state index contributed by atoms with van der Waals surface area (Å²) in [5.41, 5.74) is 2.12. The number of aromatic hydroxyl groups is 1. The summed E-state index contributed by atoms with van der Waals surface area (Å²) < 4.78 is 0. The summed E-state index contributed by atoms with van der Waals surface area (Å²) in [4.78, 5) is 0. The molecule has 0 heterocycles. The average molecular weight is 252 g/mol. The van der Waals surface area contributed by atoms with E-state index in [1.54, 1.807) is 24.3 Å². The Bertz CT molecular complexity index is 543. The van der Waals surface area contributed by atoms with Crippen molar-refractivity contribution in [2.45, 2.75) is 12.5 Å². The van der Waals surface area contributed by atoms with Crippen LogP contribution < -0.4 is 5.32 Å². The van der Waals surface area contributed by atoms with E-state index in [2.05, 4.69) is 23.5 Å². The summed E-state index contributed by atoms with van der Waals surface area (Å²) in [5, 5.41) is 21.6. The second kappa shape index (κ2) is 6.58. The highest BCUT2D eigenvalue weighted by Crippen LogP contribution is 2.16. The van der Waals surface area contributed by atoms with E-state index in [0.29, 0.717) is 0 Å². The summed E-state index contributed by atoms with van der Waals surface area (Å²) >= 11 is 0. The van der Waals surface area contributed by atoms with E-state index in [0.717, 1.165) is 18.5 Å². The molecule has 1 atom stereocenters. The fourth-order valence-electron chi connectivity index (χ4n) is 1.91. The van der Waals surface area contributed by atoms with Crippen molar-refractivity contribution < 1.29 is 5.11 Å². The summed E-state index contributed by atoms with van der Waals surface area (Å²) in [6.45, 7) is 0.739. The number of rotatable bonds is 5. The maximum atomic E-state index is 9.23. The van der Waals surface area contributed by atoms with Crippen LogP contribution in [0.4, 0.5) is 0 Å². The minimum atomic E-state index is -0.343. The molecular formula is C16H16N2O. The summed E-state index contributed by atoms with van der Waals surface area (Å²) in [5.74, 6) is 0.213. The molecule has 0 aromatic heterocycles. The molecular weight excluding hydrogens is 236 g/mol. The van der Waals surface area contributed by atoms with Gasteiger partial charge in [-0.15, -0.1) is 0 Å². The van der Waals surface area contributed by atoms with Crippen LogP contribution in [0.5, 0.6) is 5.75 Å². The SMILES string of the molecule is N#CC(NCCc1ccccc1)c1ccc(O)cc1. The quantitative estimate of drug-likeness (QED) is 0.860. The third kappa shape index (κ3) is 3.84. The van der Waals surface area contributed by atoms with E-state index in [9.17, 15) is 10.4 Å². The van der Waals surface area contributed by atoms with Crippen molar-refractivity contribution >= 4 is 0 Å². The average Bonchev–Trinajstić information content (AvgIpc) is 2.46. The van der Waals surface area contributed by atoms with Crippen LogP contribution in [0.15, 0.2) is 54.6 Å². The standard InChI is InChI=1S/C16H16N2O/c17-12-16(14-6-8-15(19)9-7-14)18-11-10-13-4-2-1-3-5-13/h1-9,16,18-19H,10-11H2. The van der Waals surface area contributed by atoms with Crippen LogP contribution in [0.1, 0.15) is 17.2 Å². The first-order chi connectivity index (χ1) is 9.29. The van der Waals surface area contributed by atoms with Crippen LogP contribution in [-0.4, -0.2) is 11.7 Å². The Labute approximate surface area is 113 Å². The zero-order valence-electron chi connectivity index (χ0n) is 10.6. The van der Waals surface area contributed by atoms with Crippen LogP contribution in [-0.2, 0) is 6.42 Å². The first-order valence-electron chi connectivity index (χ1n) is 6.25. The van der Waals surface area contributed by atoms with Gasteiger partial charge in [0.15, 0.2) is 0 Å². The van der Waals surface area contributed by atoms with Gasteiger partial charge in [0.05, 0.1) is 6.07 Å². The molecule has 2 N–H and O–H groups in total. The molecule has 0 saturated heterocycles. The van der Waals surface area contributed by atoms with Crippen LogP contribution >= 0.6 is 0 Å². The van der Waals surface area contributed by atoms with Crippen molar-refractivity contribution in [1.82, 2.24) is 5.32 Å². The lowest BCUT2D eigenvalue weighted by atomic mass is 10.1. The summed E-state index contributed by atoms with van der Waals surface area (Å²) in [7, 11) is 0. The van der Waals surface area contributed by atoms with Gasteiger partial charge in [-0.2, -0.15) is 5.26 Å². The number of phenols is 1. The van der Waals surface area contributed by atoms with E-state index >= 15 is 0 Å². The van der Waals surface area contributed by atoms with Crippen molar-refractivity contribution in [3.63, 3.8) is 0 Å². The lowest BCUT2D eigenvalue weighted by Gasteiger charge is -2.12. The monoisotopic (exact) mass is 252 g/mol. The molecule has 2 rings (SSSR count). The first kappa shape index (κ1) is 13.1. The van der Waals surface area contributed by atoms with E-state index in [-0.39, 0.29) is 11.8 Å². The van der Waals surface area contributed by atoms with Gasteiger partial charge in [-0.1, -0.05) is 42.5 Å². The minimum absolute atomic E-state index is 0.213. The molecule has 0 aliphatic rings. The number of nitrogens with one attached hydrogen (secondary N) is 1. The maximum Gasteiger partial charge on any atom is 0.121 e. The number of nitrogens with zero attached hydrogens (tertiary/aromatic N) is 1. The van der Waals surface area contributed by atoms with E-state index in [1.165, 1.54) is 5.56 Å². The molecule has 0 fully saturated rings. The smallest absolute Gasteiger partial charge is 0.121 e. The van der Waals surface area contributed by atoms with Gasteiger partial charge >= 0.3 is 0 Å². The molecule has 0 bridgehead atoms. The van der Waals surface area contributed by atoms with E-state index < -0.39 is 0 Å². The van der Waals surface area contributed by atoms with Gasteiger partial charge in [-0.25, -0.2) is 0 Å². The van der Waals surface area contributed by atoms with Crippen LogP contribution in [0, 0.1) is 11.3 Å². The largest absolute Gasteiger partial charge is 0.508 e. The van der Waals surface area contributed by atoms with Crippen molar-refractivity contribution in [1.29, 1.82) is 5.26 Å². The number of phenolic OH excluding ortho intramolecular Hbond substituents is 1. The Morgan fingerprint density at radius 3 is 2.37 bits per heavy atom. The van der Waals surface area contributed by atoms with Gasteiger partial charge in [-0.3, -0.25) is 5.32 Å². The lowest BCUT2D eigenvalue weighted by Crippen LogP contribution is -2.22. The Balaban J connectivity index is 1.90. The Morgan fingerprint density at radius 1 is 1.05 bits per heavy atom. The normalized spacial score (nSPS) is 11.7. The molecule has 0 saturated carbocycles. The van der Waals surface area contributed by atoms with Crippen molar-refractivity contribution in [3.8, 4) is 11.8 Å². The molecule has 19 heavy (non-hydrogen) atoms. The molecule has 96 valence electrons. The zero-order chi connectivity index (χ0) is 13.5. The Hall–Kier alpha value is -2.31. The fourth-order valence-corrected chi connectivity index (χ4v) is 1.91. The van der Waals surface area contributed by atoms with E-state index in [4.69, 9.17) is 0 Å². The highest BCUT2D eigenvalue weighted by atomic mass is 16.3. The zero-order valence-corrected chi connectivity index (χ0v) is 10.6. The van der Waals surface area contributed by atoms with Gasteiger partial charge in [0.2, 0.25) is 0 Å². The number of hydrogen-bond donors (Lipinski definition) is 2. The van der Waals surface area contributed by atoms with Crippen molar-refractivity contribution in [2.24, 2.45) is 0 Å². The molecule has 0 radical (unpaired) electrons. The lowest BCUT2D eigenvalue weighted by molar-refractivity contribution is 0.474. The van der Waals surface area contributed by atoms with E-state index in [1.807, 2.05) is 18.2 Å². The molecule has 0 spiro atoms. The molecule has 0 aliphatic heterocycles. The molecule has 1 unspecified atom stereocenters.